The lowest BCUT2D eigenvalue weighted by Crippen LogP contribution is -2.27. The minimum absolute atomic E-state index is 0.0972. The molecule has 3 nitrogen and oxygen atoms in total. The van der Waals surface area contributed by atoms with Gasteiger partial charge in [-0.05, 0) is 19.8 Å². The molecule has 2 unspecified atom stereocenters. The van der Waals surface area contributed by atoms with E-state index < -0.39 is 0 Å². The van der Waals surface area contributed by atoms with Crippen molar-refractivity contribution in [2.24, 2.45) is 5.73 Å². The molecule has 1 aliphatic rings. The summed E-state index contributed by atoms with van der Waals surface area (Å²) in [6.07, 6.45) is 2.14. The molecule has 0 aliphatic carbocycles. The van der Waals surface area contributed by atoms with Gasteiger partial charge in [-0.3, -0.25) is 5.41 Å². The Kier molecular flexibility index (Phi) is 1.71. The van der Waals surface area contributed by atoms with Gasteiger partial charge in [-0.2, -0.15) is 0 Å². The maximum Gasteiger partial charge on any atom is 0.120 e. The van der Waals surface area contributed by atoms with Crippen LogP contribution < -0.4 is 5.73 Å². The molecule has 0 aromatic rings. The number of ether oxygens (including phenoxy) is 1. The van der Waals surface area contributed by atoms with E-state index in [0.717, 1.165) is 12.8 Å². The Balaban J connectivity index is 2.39. The Labute approximate surface area is 54.7 Å². The van der Waals surface area contributed by atoms with Gasteiger partial charge >= 0.3 is 0 Å². The summed E-state index contributed by atoms with van der Waals surface area (Å²) in [6.45, 7) is 2.00. The molecule has 0 spiro atoms. The summed E-state index contributed by atoms with van der Waals surface area (Å²) in [7, 11) is 0. The number of hydrogen-bond acceptors (Lipinski definition) is 2. The summed E-state index contributed by atoms with van der Waals surface area (Å²) in [6, 6.07) is 0. The monoisotopic (exact) mass is 128 g/mol. The largest absolute Gasteiger partial charge is 0.385 e. The molecular formula is C6H12N2O. The molecule has 0 radical (unpaired) electrons. The lowest BCUT2D eigenvalue weighted by molar-refractivity contribution is 0.0926. The van der Waals surface area contributed by atoms with Gasteiger partial charge in [-0.15, -0.1) is 0 Å². The van der Waals surface area contributed by atoms with Crippen LogP contribution in [0.25, 0.3) is 0 Å². The summed E-state index contributed by atoms with van der Waals surface area (Å²) in [5.41, 5.74) is 5.22. The van der Waals surface area contributed by atoms with Crippen molar-refractivity contribution in [3.05, 3.63) is 0 Å². The smallest absolute Gasteiger partial charge is 0.120 e. The maximum absolute atomic E-state index is 7.03. The summed E-state index contributed by atoms with van der Waals surface area (Å²) in [5.74, 6) is 0.166. The van der Waals surface area contributed by atoms with Gasteiger partial charge in [-0.25, -0.2) is 0 Å². The zero-order chi connectivity index (χ0) is 6.85. The first-order valence-electron chi connectivity index (χ1n) is 3.19. The minimum atomic E-state index is -0.0972. The van der Waals surface area contributed by atoms with Gasteiger partial charge in [0.15, 0.2) is 0 Å². The first-order valence-corrected chi connectivity index (χ1v) is 3.19. The van der Waals surface area contributed by atoms with E-state index in [4.69, 9.17) is 15.9 Å². The lowest BCUT2D eigenvalue weighted by atomic mass is 10.2. The van der Waals surface area contributed by atoms with Crippen LogP contribution in [0.1, 0.15) is 19.8 Å². The van der Waals surface area contributed by atoms with Crippen molar-refractivity contribution in [3.63, 3.8) is 0 Å². The van der Waals surface area contributed by atoms with E-state index in [1.54, 1.807) is 0 Å². The summed E-state index contributed by atoms with van der Waals surface area (Å²) in [5, 5.41) is 7.03. The Bertz CT molecular complexity index is 124. The predicted octanol–water partition coefficient (Wildman–Crippen LogP) is 0.490. The molecule has 0 aromatic heterocycles. The third-order valence-corrected chi connectivity index (χ3v) is 1.58. The van der Waals surface area contributed by atoms with Crippen molar-refractivity contribution in [2.75, 3.05) is 0 Å². The quantitative estimate of drug-likeness (QED) is 0.399. The van der Waals surface area contributed by atoms with Crippen LogP contribution in [-0.4, -0.2) is 18.0 Å². The molecule has 1 saturated heterocycles. The van der Waals surface area contributed by atoms with Crippen LogP contribution in [0.5, 0.6) is 0 Å². The molecule has 0 amide bonds. The van der Waals surface area contributed by atoms with Gasteiger partial charge < -0.3 is 10.5 Å². The molecule has 1 rings (SSSR count). The van der Waals surface area contributed by atoms with Gasteiger partial charge in [0, 0.05) is 0 Å². The van der Waals surface area contributed by atoms with Crippen molar-refractivity contribution in [1.82, 2.24) is 0 Å². The zero-order valence-corrected chi connectivity index (χ0v) is 5.55. The average molecular weight is 128 g/mol. The summed E-state index contributed by atoms with van der Waals surface area (Å²) < 4.78 is 5.27. The highest BCUT2D eigenvalue weighted by Gasteiger charge is 2.23. The normalized spacial score (nSPS) is 34.8. The zero-order valence-electron chi connectivity index (χ0n) is 5.55. The van der Waals surface area contributed by atoms with E-state index in [-0.39, 0.29) is 11.9 Å². The fraction of sp³-hybridized carbons (Fsp3) is 0.833. The number of amidine groups is 1. The van der Waals surface area contributed by atoms with E-state index in [2.05, 4.69) is 0 Å². The second-order valence-electron chi connectivity index (χ2n) is 2.47. The average Bonchev–Trinajstić information content (AvgIpc) is 2.14. The van der Waals surface area contributed by atoms with E-state index in [1.165, 1.54) is 0 Å². The van der Waals surface area contributed by atoms with Gasteiger partial charge in [-0.1, -0.05) is 0 Å². The fourth-order valence-corrected chi connectivity index (χ4v) is 1.03. The van der Waals surface area contributed by atoms with Crippen LogP contribution in [0.4, 0.5) is 0 Å². The van der Waals surface area contributed by atoms with Crippen LogP contribution in [0.2, 0.25) is 0 Å². The molecule has 3 N–H and O–H groups in total. The molecule has 0 aromatic carbocycles. The Morgan fingerprint density at radius 1 is 1.67 bits per heavy atom. The molecule has 1 aliphatic heterocycles. The number of hydrogen-bond donors (Lipinski definition) is 2. The highest BCUT2D eigenvalue weighted by molar-refractivity contribution is 5.81. The molecule has 1 heterocycles. The van der Waals surface area contributed by atoms with Crippen molar-refractivity contribution in [1.29, 1.82) is 5.41 Å². The molecule has 9 heavy (non-hydrogen) atoms. The van der Waals surface area contributed by atoms with E-state index >= 15 is 0 Å². The second-order valence-corrected chi connectivity index (χ2v) is 2.47. The molecule has 52 valence electrons. The predicted molar refractivity (Wildman–Crippen MR) is 35.5 cm³/mol. The van der Waals surface area contributed by atoms with Crippen LogP contribution >= 0.6 is 0 Å². The van der Waals surface area contributed by atoms with Gasteiger partial charge in [0.25, 0.3) is 0 Å². The summed E-state index contributed by atoms with van der Waals surface area (Å²) >= 11 is 0. The van der Waals surface area contributed by atoms with Crippen molar-refractivity contribution < 1.29 is 4.74 Å². The Hall–Kier alpha value is -0.570. The third kappa shape index (κ3) is 1.42. The van der Waals surface area contributed by atoms with Crippen LogP contribution in [0, 0.1) is 5.41 Å². The number of nitrogens with one attached hydrogen (secondary N) is 1. The van der Waals surface area contributed by atoms with Crippen molar-refractivity contribution >= 4 is 5.84 Å². The second kappa shape index (κ2) is 2.35. The third-order valence-electron chi connectivity index (χ3n) is 1.58. The minimum Gasteiger partial charge on any atom is -0.385 e. The number of rotatable bonds is 1. The van der Waals surface area contributed by atoms with Crippen molar-refractivity contribution in [3.8, 4) is 0 Å². The van der Waals surface area contributed by atoms with Crippen LogP contribution in [0.15, 0.2) is 0 Å². The molecule has 0 bridgehead atoms. The molecule has 2 atom stereocenters. The van der Waals surface area contributed by atoms with Crippen LogP contribution in [0.3, 0.4) is 0 Å². The lowest BCUT2D eigenvalue weighted by Gasteiger charge is -2.07. The maximum atomic E-state index is 7.03. The van der Waals surface area contributed by atoms with Gasteiger partial charge in [0.05, 0.1) is 6.10 Å². The van der Waals surface area contributed by atoms with E-state index in [1.807, 2.05) is 6.92 Å². The van der Waals surface area contributed by atoms with E-state index in [9.17, 15) is 0 Å². The highest BCUT2D eigenvalue weighted by Crippen LogP contribution is 2.18. The molecular weight excluding hydrogens is 116 g/mol. The SMILES string of the molecule is CC1CCC(C(=N)N)O1. The molecule has 3 heteroatoms. The van der Waals surface area contributed by atoms with Gasteiger partial charge in [0.2, 0.25) is 0 Å². The fourth-order valence-electron chi connectivity index (χ4n) is 1.03. The first-order chi connectivity index (χ1) is 4.20. The van der Waals surface area contributed by atoms with Gasteiger partial charge in [0.1, 0.15) is 11.9 Å². The standard InChI is InChI=1S/C6H12N2O/c1-4-2-3-5(9-4)6(7)8/h4-5H,2-3H2,1H3,(H3,7,8). The van der Waals surface area contributed by atoms with Crippen molar-refractivity contribution in [2.45, 2.75) is 32.0 Å². The topological polar surface area (TPSA) is 59.1 Å². The first kappa shape index (κ1) is 6.55. The molecule has 1 fully saturated rings. The number of nitrogens with two attached hydrogens (primary N) is 1. The van der Waals surface area contributed by atoms with E-state index in [0.29, 0.717) is 6.10 Å². The van der Waals surface area contributed by atoms with Crippen LogP contribution in [-0.2, 0) is 4.74 Å². The highest BCUT2D eigenvalue weighted by atomic mass is 16.5. The Morgan fingerprint density at radius 3 is 2.56 bits per heavy atom. The molecule has 0 saturated carbocycles. The Morgan fingerprint density at radius 2 is 2.33 bits per heavy atom. The summed E-state index contributed by atoms with van der Waals surface area (Å²) in [4.78, 5) is 0.